The molecule has 1 N–H and O–H groups in total. The van der Waals surface area contributed by atoms with Crippen molar-refractivity contribution in [1.29, 1.82) is 0 Å². The Labute approximate surface area is 231 Å². The van der Waals surface area contributed by atoms with E-state index in [1.165, 1.54) is 11.1 Å². The fourth-order valence-electron chi connectivity index (χ4n) is 4.49. The smallest absolute Gasteiger partial charge is 0.257 e. The van der Waals surface area contributed by atoms with Crippen molar-refractivity contribution >= 4 is 23.2 Å². The molecule has 0 radical (unpaired) electrons. The number of carbonyl (C=O) groups excluding carboxylic acids is 1. The van der Waals surface area contributed by atoms with E-state index in [2.05, 4.69) is 39.3 Å². The number of hydrogen-bond acceptors (Lipinski definition) is 6. The van der Waals surface area contributed by atoms with Crippen LogP contribution in [0, 0.1) is 6.92 Å². The van der Waals surface area contributed by atoms with E-state index in [0.29, 0.717) is 5.56 Å². The van der Waals surface area contributed by atoms with E-state index >= 15 is 0 Å². The molecule has 0 aliphatic carbocycles. The second-order valence-electron chi connectivity index (χ2n) is 9.54. The molecule has 8 nitrogen and oxygen atoms in total. The summed E-state index contributed by atoms with van der Waals surface area (Å²) in [6.45, 7) is 10.6. The summed E-state index contributed by atoms with van der Waals surface area (Å²) in [5.74, 6) is -0.0445. The first-order valence-electron chi connectivity index (χ1n) is 13.4. The zero-order valence-electron chi connectivity index (χ0n) is 24.2. The summed E-state index contributed by atoms with van der Waals surface area (Å²) in [5.41, 5.74) is 7.26. The van der Waals surface area contributed by atoms with E-state index in [1.54, 1.807) is 55.3 Å². The quantitative estimate of drug-likeness (QED) is 0.470. The molecule has 206 valence electrons. The molecule has 0 unspecified atom stereocenters. The number of amides is 1. The highest BCUT2D eigenvalue weighted by molar-refractivity contribution is 5.93. The van der Waals surface area contributed by atoms with Gasteiger partial charge in [-0.3, -0.25) is 29.0 Å². The van der Waals surface area contributed by atoms with Crippen LogP contribution in [0.4, 0.5) is 5.69 Å². The molecule has 3 aromatic heterocycles. The summed E-state index contributed by atoms with van der Waals surface area (Å²) < 4.78 is 1.66. The summed E-state index contributed by atoms with van der Waals surface area (Å²) in [6, 6.07) is 9.14. The number of aryl methyl sites for hydroxylation is 1. The molecule has 1 aliphatic rings. The summed E-state index contributed by atoms with van der Waals surface area (Å²) >= 11 is 0. The summed E-state index contributed by atoms with van der Waals surface area (Å²) in [4.78, 5) is 37.8. The van der Waals surface area contributed by atoms with Crippen molar-refractivity contribution in [2.24, 2.45) is 0 Å². The van der Waals surface area contributed by atoms with E-state index in [0.717, 1.165) is 54.4 Å². The van der Waals surface area contributed by atoms with Crippen LogP contribution >= 0.6 is 0 Å². The minimum Gasteiger partial charge on any atom is -0.388 e. The zero-order valence-corrected chi connectivity index (χ0v) is 24.2. The van der Waals surface area contributed by atoms with Crippen LogP contribution in [0.3, 0.4) is 0 Å². The summed E-state index contributed by atoms with van der Waals surface area (Å²) in [5, 5.41) is 3.01. The van der Waals surface area contributed by atoms with Gasteiger partial charge in [0.05, 0.1) is 16.9 Å². The number of aromatic nitrogens is 3. The Kier molecular flexibility index (Phi) is 10.3. The van der Waals surface area contributed by atoms with Gasteiger partial charge >= 0.3 is 0 Å². The van der Waals surface area contributed by atoms with E-state index in [4.69, 9.17) is 0 Å². The van der Waals surface area contributed by atoms with Gasteiger partial charge in [0.25, 0.3) is 11.5 Å². The average molecular weight is 529 g/mol. The normalized spacial score (nSPS) is 13.7. The summed E-state index contributed by atoms with van der Waals surface area (Å²) in [6.07, 6.45) is 10.4. The van der Waals surface area contributed by atoms with Gasteiger partial charge in [-0.1, -0.05) is 31.6 Å². The number of nitrogens with one attached hydrogen (secondary N) is 1. The van der Waals surface area contributed by atoms with Crippen molar-refractivity contribution in [2.75, 3.05) is 46.1 Å². The third kappa shape index (κ3) is 7.29. The molecule has 0 spiro atoms. The summed E-state index contributed by atoms with van der Waals surface area (Å²) in [7, 11) is 5.28. The lowest BCUT2D eigenvalue weighted by molar-refractivity contribution is 0.0827. The number of anilines is 1. The Bertz CT molecular complexity index is 1400. The lowest BCUT2D eigenvalue weighted by atomic mass is 10.0. The largest absolute Gasteiger partial charge is 0.388 e. The maximum absolute atomic E-state index is 12.7. The number of hydrogen-bond donors (Lipinski definition) is 1. The number of nitrogens with zero attached hydrogens (tertiary/aromatic N) is 5. The molecule has 4 rings (SSSR count). The fourth-order valence-corrected chi connectivity index (χ4v) is 4.49. The van der Waals surface area contributed by atoms with Gasteiger partial charge in [0.1, 0.15) is 0 Å². The Hall–Kier alpha value is -4.04. The highest BCUT2D eigenvalue weighted by Crippen LogP contribution is 2.23. The molecule has 0 saturated carbocycles. The van der Waals surface area contributed by atoms with Gasteiger partial charge in [-0.15, -0.1) is 0 Å². The Morgan fingerprint density at radius 1 is 1.15 bits per heavy atom. The first kappa shape index (κ1) is 29.5. The van der Waals surface area contributed by atoms with Crippen molar-refractivity contribution < 1.29 is 4.79 Å². The second kappa shape index (κ2) is 13.7. The van der Waals surface area contributed by atoms with Gasteiger partial charge in [-0.05, 0) is 50.1 Å². The maximum Gasteiger partial charge on any atom is 0.257 e. The maximum atomic E-state index is 12.7. The molecular weight excluding hydrogens is 488 g/mol. The molecule has 0 aromatic carbocycles. The van der Waals surface area contributed by atoms with Crippen LogP contribution < -0.4 is 10.9 Å². The van der Waals surface area contributed by atoms with Crippen molar-refractivity contribution in [1.82, 2.24) is 24.3 Å². The van der Waals surface area contributed by atoms with Crippen LogP contribution in [-0.4, -0.2) is 71.0 Å². The second-order valence-corrected chi connectivity index (χ2v) is 9.54. The molecule has 0 fully saturated rings. The van der Waals surface area contributed by atoms with Crippen LogP contribution in [0.2, 0.25) is 0 Å². The fraction of sp³-hybridized carbons (Fsp3) is 0.355. The predicted molar refractivity (Wildman–Crippen MR) is 160 cm³/mol. The van der Waals surface area contributed by atoms with Crippen LogP contribution in [0.5, 0.6) is 0 Å². The lowest BCUT2D eigenvalue weighted by Gasteiger charge is -2.26. The van der Waals surface area contributed by atoms with Crippen molar-refractivity contribution in [3.63, 3.8) is 0 Å². The Morgan fingerprint density at radius 3 is 2.51 bits per heavy atom. The monoisotopic (exact) mass is 528 g/mol. The number of carbonyl (C=O) groups is 1. The van der Waals surface area contributed by atoms with E-state index < -0.39 is 0 Å². The highest BCUT2D eigenvalue weighted by atomic mass is 16.2. The molecule has 39 heavy (non-hydrogen) atoms. The van der Waals surface area contributed by atoms with Crippen LogP contribution in [0.15, 0.2) is 65.4 Å². The first-order valence-corrected chi connectivity index (χ1v) is 13.4. The van der Waals surface area contributed by atoms with E-state index in [1.807, 2.05) is 45.0 Å². The molecule has 3 aromatic rings. The Morgan fingerprint density at radius 2 is 1.92 bits per heavy atom. The molecule has 1 amide bonds. The molecule has 4 heterocycles. The number of rotatable bonds is 7. The molecule has 0 saturated heterocycles. The van der Waals surface area contributed by atoms with Gasteiger partial charge in [0, 0.05) is 82.4 Å². The number of pyridine rings is 3. The molecule has 1 aliphatic heterocycles. The SMILES string of the molecule is CC.CNc1ccn(-c2ccnc(C)c2/C=C(\C)CN2CC=C(c3ccc(C(=O)N(C)C)cn3)CC2)c(=O)c1. The van der Waals surface area contributed by atoms with Crippen molar-refractivity contribution in [3.05, 3.63) is 93.4 Å². The first-order chi connectivity index (χ1) is 18.8. The topological polar surface area (TPSA) is 83.4 Å². The van der Waals surface area contributed by atoms with Gasteiger partial charge in [-0.2, -0.15) is 0 Å². The molecule has 8 heteroatoms. The third-order valence-corrected chi connectivity index (χ3v) is 6.54. The lowest BCUT2D eigenvalue weighted by Crippen LogP contribution is -2.30. The van der Waals surface area contributed by atoms with Crippen LogP contribution in [0.1, 0.15) is 54.5 Å². The van der Waals surface area contributed by atoms with E-state index in [-0.39, 0.29) is 11.5 Å². The van der Waals surface area contributed by atoms with Crippen LogP contribution in [-0.2, 0) is 0 Å². The van der Waals surface area contributed by atoms with Gasteiger partial charge in [0.2, 0.25) is 0 Å². The van der Waals surface area contributed by atoms with E-state index in [9.17, 15) is 9.59 Å². The standard InChI is InChI=1S/C29H34N6O2.C2H6/c1-20(16-25-21(2)31-12-8-27(25)35-15-11-24(30-3)17-28(35)36)19-34-13-9-22(10-14-34)26-7-6-23(18-32-26)29(37)33(4)5;1-2/h6-9,11-12,15-18,30H,10,13-14,19H2,1-5H3;1-2H3/b20-16+;. The van der Waals surface area contributed by atoms with Gasteiger partial charge < -0.3 is 10.2 Å². The van der Waals surface area contributed by atoms with Crippen molar-refractivity contribution in [2.45, 2.75) is 34.1 Å². The zero-order chi connectivity index (χ0) is 28.5. The van der Waals surface area contributed by atoms with Crippen LogP contribution in [0.25, 0.3) is 17.3 Å². The third-order valence-electron chi connectivity index (χ3n) is 6.54. The molecule has 0 atom stereocenters. The molecule has 0 bridgehead atoms. The predicted octanol–water partition coefficient (Wildman–Crippen LogP) is 4.90. The Balaban J connectivity index is 0.00000205. The minimum absolute atomic E-state index is 0.0445. The average Bonchev–Trinajstić information content (AvgIpc) is 2.95. The van der Waals surface area contributed by atoms with Gasteiger partial charge in [-0.25, -0.2) is 0 Å². The van der Waals surface area contributed by atoms with Gasteiger partial charge in [0.15, 0.2) is 0 Å². The molecular formula is C31H40N6O2. The minimum atomic E-state index is -0.0915. The highest BCUT2D eigenvalue weighted by Gasteiger charge is 2.16. The van der Waals surface area contributed by atoms with Crippen molar-refractivity contribution in [3.8, 4) is 5.69 Å².